The smallest absolute Gasteiger partial charge is 0.122 e. The van der Waals surface area contributed by atoms with Crippen molar-refractivity contribution in [3.63, 3.8) is 0 Å². The number of ether oxygens (including phenoxy) is 1. The summed E-state index contributed by atoms with van der Waals surface area (Å²) >= 11 is 3.46. The summed E-state index contributed by atoms with van der Waals surface area (Å²) in [6.07, 6.45) is 7.58. The van der Waals surface area contributed by atoms with Gasteiger partial charge in [-0.1, -0.05) is 53.7 Å². The summed E-state index contributed by atoms with van der Waals surface area (Å²) in [4.78, 5) is 0. The quantitative estimate of drug-likeness (QED) is 0.438. The average molecular weight is 365 g/mol. The van der Waals surface area contributed by atoms with E-state index in [2.05, 4.69) is 22.9 Å². The van der Waals surface area contributed by atoms with E-state index >= 15 is 0 Å². The van der Waals surface area contributed by atoms with Crippen molar-refractivity contribution < 1.29 is 9.84 Å². The van der Waals surface area contributed by atoms with E-state index in [1.807, 2.05) is 18.2 Å². The van der Waals surface area contributed by atoms with E-state index in [-0.39, 0.29) is 0 Å². The number of phenols is 1. The van der Waals surface area contributed by atoms with Crippen LogP contribution < -0.4 is 4.74 Å². The normalized spacial score (nSPS) is 11.0. The minimum atomic E-state index is 0.306. The van der Waals surface area contributed by atoms with E-state index in [4.69, 9.17) is 4.74 Å². The van der Waals surface area contributed by atoms with E-state index in [1.165, 1.54) is 32.1 Å². The van der Waals surface area contributed by atoms with E-state index in [0.717, 1.165) is 40.4 Å². The number of hydrogen-bond donors (Lipinski definition) is 1. The molecular formula is C19H25BrO2. The Morgan fingerprint density at radius 1 is 0.955 bits per heavy atom. The highest BCUT2D eigenvalue weighted by atomic mass is 79.9. The van der Waals surface area contributed by atoms with Crippen molar-refractivity contribution in [1.29, 1.82) is 0 Å². The lowest BCUT2D eigenvalue weighted by Crippen LogP contribution is -1.99. The van der Waals surface area contributed by atoms with Crippen molar-refractivity contribution in [1.82, 2.24) is 0 Å². The lowest BCUT2D eigenvalue weighted by atomic mass is 10.0. The van der Waals surface area contributed by atoms with Gasteiger partial charge in [-0.25, -0.2) is 0 Å². The summed E-state index contributed by atoms with van der Waals surface area (Å²) in [6.45, 7) is 2.86. The van der Waals surface area contributed by atoms with Crippen molar-refractivity contribution in [2.75, 3.05) is 11.9 Å². The Morgan fingerprint density at radius 2 is 1.68 bits per heavy atom. The Bertz CT molecular complexity index is 595. The van der Waals surface area contributed by atoms with E-state index in [0.29, 0.717) is 5.75 Å². The van der Waals surface area contributed by atoms with E-state index in [1.54, 1.807) is 12.1 Å². The first-order chi connectivity index (χ1) is 10.7. The Hall–Kier alpha value is -1.22. The third-order valence-corrected chi connectivity index (χ3v) is 4.57. The summed E-state index contributed by atoms with van der Waals surface area (Å²) in [6, 6.07) is 9.49. The van der Waals surface area contributed by atoms with Crippen LogP contribution >= 0.6 is 15.9 Å². The molecule has 1 N–H and O–H groups in total. The number of hydrogen-bond acceptors (Lipinski definition) is 2. The maximum Gasteiger partial charge on any atom is 0.122 e. The molecule has 0 aromatic heterocycles. The third kappa shape index (κ3) is 4.91. The van der Waals surface area contributed by atoms with E-state index in [9.17, 15) is 5.11 Å². The van der Waals surface area contributed by atoms with Crippen LogP contribution in [0.25, 0.3) is 10.8 Å². The minimum Gasteiger partial charge on any atom is -0.508 e. The molecule has 22 heavy (non-hydrogen) atoms. The van der Waals surface area contributed by atoms with E-state index < -0.39 is 0 Å². The van der Waals surface area contributed by atoms with Gasteiger partial charge in [0.1, 0.15) is 11.5 Å². The van der Waals surface area contributed by atoms with Gasteiger partial charge >= 0.3 is 0 Å². The molecule has 0 aliphatic carbocycles. The Kier molecular flexibility index (Phi) is 7.04. The molecule has 0 heterocycles. The molecule has 0 aliphatic heterocycles. The molecule has 2 rings (SSSR count). The maximum atomic E-state index is 9.53. The predicted molar refractivity (Wildman–Crippen MR) is 97.3 cm³/mol. The largest absolute Gasteiger partial charge is 0.508 e. The van der Waals surface area contributed by atoms with Gasteiger partial charge in [-0.2, -0.15) is 0 Å². The van der Waals surface area contributed by atoms with Gasteiger partial charge in [0.25, 0.3) is 0 Å². The van der Waals surface area contributed by atoms with Crippen molar-refractivity contribution in [2.24, 2.45) is 0 Å². The first-order valence-corrected chi connectivity index (χ1v) is 9.25. The summed E-state index contributed by atoms with van der Waals surface area (Å²) in [7, 11) is 0. The molecular weight excluding hydrogens is 340 g/mol. The van der Waals surface area contributed by atoms with Gasteiger partial charge in [0.2, 0.25) is 0 Å². The topological polar surface area (TPSA) is 29.5 Å². The van der Waals surface area contributed by atoms with Crippen LogP contribution in [0.15, 0.2) is 30.3 Å². The number of fused-ring (bicyclic) bond motifs is 1. The van der Waals surface area contributed by atoms with Crippen molar-refractivity contribution in [3.8, 4) is 11.5 Å². The number of aromatic hydroxyl groups is 1. The molecule has 0 spiro atoms. The number of unbranched alkanes of at least 4 members (excludes halogenated alkanes) is 5. The lowest BCUT2D eigenvalue weighted by molar-refractivity contribution is 0.303. The summed E-state index contributed by atoms with van der Waals surface area (Å²) in [5, 5.41) is 12.9. The monoisotopic (exact) mass is 364 g/mol. The van der Waals surface area contributed by atoms with Crippen LogP contribution in [-0.2, 0) is 0 Å². The van der Waals surface area contributed by atoms with Crippen molar-refractivity contribution in [2.45, 2.75) is 45.4 Å². The molecule has 0 amide bonds. The van der Waals surface area contributed by atoms with Crippen LogP contribution in [-0.4, -0.2) is 17.0 Å². The van der Waals surface area contributed by atoms with Gasteiger partial charge in [-0.05, 0) is 54.3 Å². The SMILES string of the molecule is Cc1c(OCCCCCCCCBr)ccc2cc(O)ccc12. The first kappa shape index (κ1) is 17.1. The molecule has 0 aliphatic rings. The highest BCUT2D eigenvalue weighted by Crippen LogP contribution is 2.29. The Labute approximate surface area is 141 Å². The van der Waals surface area contributed by atoms with Gasteiger partial charge in [0.05, 0.1) is 6.61 Å². The van der Waals surface area contributed by atoms with Gasteiger partial charge in [0.15, 0.2) is 0 Å². The maximum absolute atomic E-state index is 9.53. The zero-order chi connectivity index (χ0) is 15.8. The van der Waals surface area contributed by atoms with Crippen molar-refractivity contribution >= 4 is 26.7 Å². The number of rotatable bonds is 9. The lowest BCUT2D eigenvalue weighted by Gasteiger charge is -2.11. The second-order valence-corrected chi connectivity index (χ2v) is 6.55. The van der Waals surface area contributed by atoms with Gasteiger partial charge in [-0.15, -0.1) is 0 Å². The fraction of sp³-hybridized carbons (Fsp3) is 0.474. The van der Waals surface area contributed by atoms with Crippen LogP contribution in [0, 0.1) is 6.92 Å². The standard InChI is InChI=1S/C19H25BrO2/c1-15-18-10-9-17(21)14-16(18)8-11-19(15)22-13-7-5-3-2-4-6-12-20/h8-11,14,21H,2-7,12-13H2,1H3. The molecule has 0 fully saturated rings. The summed E-state index contributed by atoms with van der Waals surface area (Å²) in [5.74, 6) is 1.26. The molecule has 2 aromatic carbocycles. The molecule has 120 valence electrons. The summed E-state index contributed by atoms with van der Waals surface area (Å²) < 4.78 is 5.93. The molecule has 0 atom stereocenters. The van der Waals surface area contributed by atoms with Crippen LogP contribution in [0.3, 0.4) is 0 Å². The first-order valence-electron chi connectivity index (χ1n) is 8.13. The highest BCUT2D eigenvalue weighted by molar-refractivity contribution is 9.09. The predicted octanol–water partition coefficient (Wildman–Crippen LogP) is 5.97. The second-order valence-electron chi connectivity index (χ2n) is 5.75. The zero-order valence-corrected chi connectivity index (χ0v) is 14.9. The zero-order valence-electron chi connectivity index (χ0n) is 13.3. The van der Waals surface area contributed by atoms with Crippen LogP contribution in [0.4, 0.5) is 0 Å². The third-order valence-electron chi connectivity index (χ3n) is 4.01. The fourth-order valence-electron chi connectivity index (χ4n) is 2.69. The van der Waals surface area contributed by atoms with Crippen LogP contribution in [0.5, 0.6) is 11.5 Å². The Morgan fingerprint density at radius 3 is 2.45 bits per heavy atom. The molecule has 0 unspecified atom stereocenters. The fourth-order valence-corrected chi connectivity index (χ4v) is 3.09. The van der Waals surface area contributed by atoms with Gasteiger partial charge in [0, 0.05) is 5.33 Å². The molecule has 2 nitrogen and oxygen atoms in total. The highest BCUT2D eigenvalue weighted by Gasteiger charge is 2.05. The molecule has 3 heteroatoms. The van der Waals surface area contributed by atoms with Crippen LogP contribution in [0.1, 0.15) is 44.1 Å². The molecule has 0 bridgehead atoms. The molecule has 2 aromatic rings. The number of alkyl halides is 1. The number of halogens is 1. The average Bonchev–Trinajstić information content (AvgIpc) is 2.52. The molecule has 0 radical (unpaired) electrons. The second kappa shape index (κ2) is 9.04. The Balaban J connectivity index is 1.80. The van der Waals surface area contributed by atoms with Gasteiger partial charge < -0.3 is 9.84 Å². The number of benzene rings is 2. The summed E-state index contributed by atoms with van der Waals surface area (Å²) in [5.41, 5.74) is 1.15. The molecule has 0 saturated heterocycles. The minimum absolute atomic E-state index is 0.306. The van der Waals surface area contributed by atoms with Crippen molar-refractivity contribution in [3.05, 3.63) is 35.9 Å². The van der Waals surface area contributed by atoms with Gasteiger partial charge in [-0.3, -0.25) is 0 Å². The van der Waals surface area contributed by atoms with Crippen LogP contribution in [0.2, 0.25) is 0 Å². The molecule has 0 saturated carbocycles. The number of phenolic OH excluding ortho intramolecular Hbond substituents is 1. The number of aryl methyl sites for hydroxylation is 1.